The molecule has 4 nitrogen and oxygen atoms in total. The van der Waals surface area contributed by atoms with Gasteiger partial charge >= 0.3 is 0 Å². The Kier molecular flexibility index (Phi) is 6.25. The Bertz CT molecular complexity index is 490. The van der Waals surface area contributed by atoms with Gasteiger partial charge in [0.05, 0.1) is 5.56 Å². The van der Waals surface area contributed by atoms with Gasteiger partial charge in [0.1, 0.15) is 0 Å². The molecule has 22 heavy (non-hydrogen) atoms. The Morgan fingerprint density at radius 1 is 1.36 bits per heavy atom. The van der Waals surface area contributed by atoms with Crippen molar-refractivity contribution in [3.05, 3.63) is 29.8 Å². The summed E-state index contributed by atoms with van der Waals surface area (Å²) in [7, 11) is 0. The Hall–Kier alpha value is -1.55. The van der Waals surface area contributed by atoms with Crippen molar-refractivity contribution in [2.45, 2.75) is 33.1 Å². The van der Waals surface area contributed by atoms with E-state index < -0.39 is 0 Å². The average Bonchev–Trinajstić information content (AvgIpc) is 2.54. The number of likely N-dealkylation sites (tertiary alicyclic amines) is 1. The second kappa shape index (κ2) is 8.18. The second-order valence-electron chi connectivity index (χ2n) is 6.43. The first-order valence-corrected chi connectivity index (χ1v) is 8.38. The Labute approximate surface area is 133 Å². The summed E-state index contributed by atoms with van der Waals surface area (Å²) in [6.45, 7) is 6.78. The summed E-state index contributed by atoms with van der Waals surface area (Å²) in [5.74, 6) is 0.715. The average molecular weight is 304 g/mol. The van der Waals surface area contributed by atoms with Crippen LogP contribution in [0, 0.1) is 11.8 Å². The number of carbonyl (C=O) groups is 1. The third-order valence-corrected chi connectivity index (χ3v) is 4.30. The van der Waals surface area contributed by atoms with Gasteiger partial charge in [-0.15, -0.1) is 0 Å². The summed E-state index contributed by atoms with van der Waals surface area (Å²) in [5.41, 5.74) is 1.66. The highest BCUT2D eigenvalue weighted by Gasteiger charge is 2.28. The minimum absolute atomic E-state index is 0.0737. The number of unbranched alkanes of at least 4 members (excludes halogenated alkanes) is 1. The molecule has 0 radical (unpaired) electrons. The summed E-state index contributed by atoms with van der Waals surface area (Å²) in [4.78, 5) is 14.8. The van der Waals surface area contributed by atoms with Crippen LogP contribution < -0.4 is 5.32 Å². The van der Waals surface area contributed by atoms with Gasteiger partial charge in [-0.2, -0.15) is 0 Å². The highest BCUT2D eigenvalue weighted by Crippen LogP contribution is 2.25. The number of rotatable bonds is 6. The van der Waals surface area contributed by atoms with Crippen molar-refractivity contribution in [3.63, 3.8) is 0 Å². The molecular weight excluding hydrogens is 276 g/mol. The molecule has 0 spiro atoms. The zero-order valence-corrected chi connectivity index (χ0v) is 13.7. The van der Waals surface area contributed by atoms with Gasteiger partial charge in [-0.25, -0.2) is 0 Å². The van der Waals surface area contributed by atoms with E-state index in [4.69, 9.17) is 0 Å². The molecule has 0 aliphatic carbocycles. The second-order valence-corrected chi connectivity index (χ2v) is 6.43. The molecule has 0 aromatic heterocycles. The van der Waals surface area contributed by atoms with Crippen molar-refractivity contribution in [1.29, 1.82) is 0 Å². The molecule has 1 aromatic carbocycles. The molecule has 2 rings (SSSR count). The maximum Gasteiger partial charge on any atom is 0.255 e. The lowest BCUT2D eigenvalue weighted by Gasteiger charge is -2.36. The number of anilines is 1. The molecule has 1 fully saturated rings. The molecule has 0 saturated carbocycles. The zero-order valence-electron chi connectivity index (χ0n) is 13.7. The third-order valence-electron chi connectivity index (χ3n) is 4.30. The molecule has 1 heterocycles. The molecule has 1 aliphatic rings. The number of hydrogen-bond donors (Lipinski definition) is 2. The lowest BCUT2D eigenvalue weighted by molar-refractivity contribution is 0.0534. The molecule has 4 heteroatoms. The summed E-state index contributed by atoms with van der Waals surface area (Å²) >= 11 is 0. The van der Waals surface area contributed by atoms with Gasteiger partial charge in [0.2, 0.25) is 0 Å². The van der Waals surface area contributed by atoms with Crippen LogP contribution in [0.15, 0.2) is 24.3 Å². The molecule has 0 unspecified atom stereocenters. The normalized spacial score (nSPS) is 21.7. The number of benzene rings is 1. The lowest BCUT2D eigenvalue weighted by atomic mass is 9.90. The topological polar surface area (TPSA) is 52.6 Å². The van der Waals surface area contributed by atoms with E-state index in [0.29, 0.717) is 12.5 Å². The number of carbonyl (C=O) groups excluding carboxylic acids is 1. The van der Waals surface area contributed by atoms with E-state index in [0.717, 1.165) is 43.6 Å². The smallest absolute Gasteiger partial charge is 0.255 e. The number of aliphatic hydroxyl groups is 1. The predicted molar refractivity (Wildman–Crippen MR) is 90.1 cm³/mol. The Balaban J connectivity index is 2.11. The molecule has 122 valence electrons. The van der Waals surface area contributed by atoms with Gasteiger partial charge in [0.15, 0.2) is 0 Å². The van der Waals surface area contributed by atoms with Crippen molar-refractivity contribution in [3.8, 4) is 0 Å². The summed E-state index contributed by atoms with van der Waals surface area (Å²) in [5, 5.41) is 12.8. The summed E-state index contributed by atoms with van der Waals surface area (Å²) in [6, 6.07) is 7.74. The van der Waals surface area contributed by atoms with Crippen LogP contribution in [-0.2, 0) is 0 Å². The predicted octanol–water partition coefficient (Wildman–Crippen LogP) is 2.99. The fourth-order valence-electron chi connectivity index (χ4n) is 3.17. The van der Waals surface area contributed by atoms with Crippen LogP contribution >= 0.6 is 0 Å². The maximum atomic E-state index is 12.9. The molecule has 1 amide bonds. The Morgan fingerprint density at radius 2 is 2.14 bits per heavy atom. The van der Waals surface area contributed by atoms with Crippen molar-refractivity contribution in [1.82, 2.24) is 4.90 Å². The van der Waals surface area contributed by atoms with E-state index in [-0.39, 0.29) is 18.4 Å². The van der Waals surface area contributed by atoms with Gasteiger partial charge in [0, 0.05) is 31.9 Å². The number of hydrogen-bond acceptors (Lipinski definition) is 3. The lowest BCUT2D eigenvalue weighted by Crippen LogP contribution is -2.44. The van der Waals surface area contributed by atoms with Crippen LogP contribution in [0.25, 0.3) is 0 Å². The highest BCUT2D eigenvalue weighted by atomic mass is 16.3. The first kappa shape index (κ1) is 16.8. The SMILES string of the molecule is CCCCNc1ccccc1C(=O)N1C[C@@H](C)C[C@H](CO)C1. The maximum absolute atomic E-state index is 12.9. The minimum atomic E-state index is 0.0737. The molecule has 1 saturated heterocycles. The van der Waals surface area contributed by atoms with E-state index in [1.807, 2.05) is 29.2 Å². The van der Waals surface area contributed by atoms with Crippen LogP contribution in [-0.4, -0.2) is 42.2 Å². The first-order chi connectivity index (χ1) is 10.7. The number of nitrogens with zero attached hydrogens (tertiary/aromatic N) is 1. The van der Waals surface area contributed by atoms with E-state index in [9.17, 15) is 9.90 Å². The Morgan fingerprint density at radius 3 is 2.86 bits per heavy atom. The monoisotopic (exact) mass is 304 g/mol. The third kappa shape index (κ3) is 4.23. The van der Waals surface area contributed by atoms with Crippen LogP contribution in [0.3, 0.4) is 0 Å². The minimum Gasteiger partial charge on any atom is -0.396 e. The first-order valence-electron chi connectivity index (χ1n) is 8.38. The van der Waals surface area contributed by atoms with Crippen LogP contribution in [0.2, 0.25) is 0 Å². The van der Waals surface area contributed by atoms with Gasteiger partial charge in [0.25, 0.3) is 5.91 Å². The van der Waals surface area contributed by atoms with Crippen molar-refractivity contribution >= 4 is 11.6 Å². The van der Waals surface area contributed by atoms with Gasteiger partial charge < -0.3 is 15.3 Å². The van der Waals surface area contributed by atoms with Crippen LogP contribution in [0.1, 0.15) is 43.5 Å². The molecular formula is C18H28N2O2. The summed E-state index contributed by atoms with van der Waals surface area (Å²) < 4.78 is 0. The molecule has 1 aromatic rings. The number of nitrogens with one attached hydrogen (secondary N) is 1. The fourth-order valence-corrected chi connectivity index (χ4v) is 3.17. The number of para-hydroxylation sites is 1. The number of aliphatic hydroxyl groups excluding tert-OH is 1. The summed E-state index contributed by atoms with van der Waals surface area (Å²) in [6.07, 6.45) is 3.22. The molecule has 2 atom stereocenters. The van der Waals surface area contributed by atoms with Crippen molar-refractivity contribution in [2.75, 3.05) is 31.6 Å². The van der Waals surface area contributed by atoms with Crippen molar-refractivity contribution in [2.24, 2.45) is 11.8 Å². The van der Waals surface area contributed by atoms with E-state index in [2.05, 4.69) is 19.2 Å². The van der Waals surface area contributed by atoms with Crippen molar-refractivity contribution < 1.29 is 9.90 Å². The van der Waals surface area contributed by atoms with E-state index in [1.54, 1.807) is 0 Å². The van der Waals surface area contributed by atoms with Gasteiger partial charge in [-0.3, -0.25) is 4.79 Å². The zero-order chi connectivity index (χ0) is 15.9. The fraction of sp³-hybridized carbons (Fsp3) is 0.611. The molecule has 2 N–H and O–H groups in total. The van der Waals surface area contributed by atoms with Crippen LogP contribution in [0.5, 0.6) is 0 Å². The quantitative estimate of drug-likeness (QED) is 0.794. The molecule has 0 bridgehead atoms. The van der Waals surface area contributed by atoms with E-state index >= 15 is 0 Å². The largest absolute Gasteiger partial charge is 0.396 e. The highest BCUT2D eigenvalue weighted by molar-refractivity contribution is 5.99. The van der Waals surface area contributed by atoms with Gasteiger partial charge in [-0.1, -0.05) is 32.4 Å². The standard InChI is InChI=1S/C18H28N2O2/c1-3-4-9-19-17-8-6-5-7-16(17)18(22)20-11-14(2)10-15(12-20)13-21/h5-8,14-15,19,21H,3-4,9-13H2,1-2H3/t14-,15-/m0/s1. The van der Waals surface area contributed by atoms with E-state index in [1.165, 1.54) is 0 Å². The number of amides is 1. The number of piperidine rings is 1. The molecule has 1 aliphatic heterocycles. The van der Waals surface area contributed by atoms with Crippen LogP contribution in [0.4, 0.5) is 5.69 Å². The van der Waals surface area contributed by atoms with Gasteiger partial charge in [-0.05, 0) is 36.8 Å².